The van der Waals surface area contributed by atoms with Gasteiger partial charge in [-0.2, -0.15) is 18.4 Å². The minimum absolute atomic E-state index is 0.127. The second-order valence-corrected chi connectivity index (χ2v) is 7.30. The molecule has 0 unspecified atom stereocenters. The number of hydrogen-bond acceptors (Lipinski definition) is 6. The maximum Gasteiger partial charge on any atom is 0.446 e. The molecule has 2 N–H and O–H groups in total. The van der Waals surface area contributed by atoms with Gasteiger partial charge in [0.15, 0.2) is 5.76 Å². The molecule has 0 fully saturated rings. The van der Waals surface area contributed by atoms with E-state index in [-0.39, 0.29) is 16.7 Å². The Morgan fingerprint density at radius 3 is 2.61 bits per heavy atom. The highest BCUT2D eigenvalue weighted by Crippen LogP contribution is 2.37. The van der Waals surface area contributed by atoms with Crippen molar-refractivity contribution >= 4 is 40.0 Å². The van der Waals surface area contributed by atoms with Crippen molar-refractivity contribution in [2.45, 2.75) is 16.9 Å². The van der Waals surface area contributed by atoms with E-state index in [2.05, 4.69) is 25.9 Å². The SMILES string of the molecule is FC(F)(F)Sc1ccc(NCc2cc3oc(-c4nn[nH]n4)cc3cc2Cl)cc1. The number of benzene rings is 2. The van der Waals surface area contributed by atoms with Crippen LogP contribution in [0.1, 0.15) is 5.56 Å². The quantitative estimate of drug-likeness (QED) is 0.411. The smallest absolute Gasteiger partial charge is 0.446 e. The molecule has 0 saturated carbocycles. The standard InChI is InChI=1S/C17H11ClF3N5OS/c18-13-5-9-6-15(16-23-25-26-24-16)27-14(9)7-10(13)8-22-11-1-3-12(4-2-11)28-17(19,20)21/h1-7,22H,8H2,(H,23,24,25,26). The van der Waals surface area contributed by atoms with E-state index in [4.69, 9.17) is 16.0 Å². The second-order valence-electron chi connectivity index (χ2n) is 5.75. The fraction of sp³-hybridized carbons (Fsp3) is 0.118. The molecule has 144 valence electrons. The van der Waals surface area contributed by atoms with Gasteiger partial charge in [-0.05, 0) is 65.0 Å². The topological polar surface area (TPSA) is 79.6 Å². The predicted molar refractivity (Wildman–Crippen MR) is 100 cm³/mol. The number of thioether (sulfide) groups is 1. The fourth-order valence-electron chi connectivity index (χ4n) is 2.58. The van der Waals surface area contributed by atoms with Crippen molar-refractivity contribution in [1.82, 2.24) is 20.6 Å². The lowest BCUT2D eigenvalue weighted by atomic mass is 10.1. The number of hydrogen-bond donors (Lipinski definition) is 2. The number of aromatic nitrogens is 4. The highest BCUT2D eigenvalue weighted by Gasteiger charge is 2.29. The number of nitrogens with one attached hydrogen (secondary N) is 2. The summed E-state index contributed by atoms with van der Waals surface area (Å²) in [6, 6.07) is 11.3. The van der Waals surface area contributed by atoms with Crippen LogP contribution in [0.15, 0.2) is 51.8 Å². The zero-order valence-corrected chi connectivity index (χ0v) is 15.5. The normalized spacial score (nSPS) is 11.9. The summed E-state index contributed by atoms with van der Waals surface area (Å²) < 4.78 is 42.9. The first-order valence-corrected chi connectivity index (χ1v) is 9.12. The van der Waals surface area contributed by atoms with Gasteiger partial charge in [-0.3, -0.25) is 0 Å². The third-order valence-electron chi connectivity index (χ3n) is 3.82. The first-order valence-electron chi connectivity index (χ1n) is 7.93. The molecule has 2 heterocycles. The van der Waals surface area contributed by atoms with Crippen molar-refractivity contribution < 1.29 is 17.6 Å². The Morgan fingerprint density at radius 1 is 1.14 bits per heavy atom. The van der Waals surface area contributed by atoms with Gasteiger partial charge in [-0.15, -0.1) is 10.2 Å². The lowest BCUT2D eigenvalue weighted by molar-refractivity contribution is -0.0328. The van der Waals surface area contributed by atoms with Crippen LogP contribution in [0.25, 0.3) is 22.6 Å². The molecular formula is C17H11ClF3N5OS. The molecule has 2 aromatic carbocycles. The van der Waals surface area contributed by atoms with E-state index in [1.807, 2.05) is 0 Å². The molecule has 0 atom stereocenters. The molecule has 11 heteroatoms. The Morgan fingerprint density at radius 2 is 1.93 bits per heavy atom. The van der Waals surface area contributed by atoms with Gasteiger partial charge in [0, 0.05) is 27.5 Å². The first-order chi connectivity index (χ1) is 13.4. The number of aromatic amines is 1. The van der Waals surface area contributed by atoms with Crippen LogP contribution in [0.3, 0.4) is 0 Å². The average Bonchev–Trinajstić information content (AvgIpc) is 3.28. The summed E-state index contributed by atoms with van der Waals surface area (Å²) in [6.07, 6.45) is 0. The van der Waals surface area contributed by atoms with E-state index in [0.717, 1.165) is 10.9 Å². The number of halogens is 4. The van der Waals surface area contributed by atoms with Gasteiger partial charge >= 0.3 is 5.51 Å². The van der Waals surface area contributed by atoms with Crippen LogP contribution >= 0.6 is 23.4 Å². The summed E-state index contributed by atoms with van der Waals surface area (Å²) in [5, 5.41) is 18.1. The molecule has 0 aliphatic heterocycles. The maximum atomic E-state index is 12.4. The number of furan rings is 1. The van der Waals surface area contributed by atoms with Crippen LogP contribution in [0, 0.1) is 0 Å². The molecule has 0 aliphatic carbocycles. The van der Waals surface area contributed by atoms with Crippen LogP contribution in [0.2, 0.25) is 5.02 Å². The summed E-state index contributed by atoms with van der Waals surface area (Å²) in [4.78, 5) is 0.127. The Labute approximate surface area is 165 Å². The van der Waals surface area contributed by atoms with Gasteiger partial charge in [0.05, 0.1) is 0 Å². The summed E-state index contributed by atoms with van der Waals surface area (Å²) in [7, 11) is 0. The molecule has 0 bridgehead atoms. The molecule has 0 saturated heterocycles. The van der Waals surface area contributed by atoms with Gasteiger partial charge in [0.1, 0.15) is 5.58 Å². The van der Waals surface area contributed by atoms with Crippen LogP contribution in [-0.2, 0) is 6.54 Å². The van der Waals surface area contributed by atoms with E-state index >= 15 is 0 Å². The van der Waals surface area contributed by atoms with Gasteiger partial charge in [-0.1, -0.05) is 11.6 Å². The van der Waals surface area contributed by atoms with Gasteiger partial charge in [0.25, 0.3) is 0 Å². The number of H-pyrrole nitrogens is 1. The number of nitrogens with zero attached hydrogens (tertiary/aromatic N) is 3. The van der Waals surface area contributed by atoms with E-state index in [1.165, 1.54) is 12.1 Å². The predicted octanol–water partition coefficient (Wildman–Crippen LogP) is 5.49. The Kier molecular flexibility index (Phi) is 4.90. The van der Waals surface area contributed by atoms with Crippen molar-refractivity contribution in [2.75, 3.05) is 5.32 Å². The van der Waals surface area contributed by atoms with Crippen molar-refractivity contribution in [3.63, 3.8) is 0 Å². The number of anilines is 1. The van der Waals surface area contributed by atoms with Crippen molar-refractivity contribution in [3.8, 4) is 11.6 Å². The number of rotatable bonds is 5. The molecule has 0 radical (unpaired) electrons. The lowest BCUT2D eigenvalue weighted by Gasteiger charge is -2.10. The zero-order chi connectivity index (χ0) is 19.7. The van der Waals surface area contributed by atoms with Crippen LogP contribution in [0.5, 0.6) is 0 Å². The van der Waals surface area contributed by atoms with Crippen LogP contribution < -0.4 is 5.32 Å². The highest BCUT2D eigenvalue weighted by atomic mass is 35.5. The summed E-state index contributed by atoms with van der Waals surface area (Å²) >= 11 is 6.19. The maximum absolute atomic E-state index is 12.4. The fourth-order valence-corrected chi connectivity index (χ4v) is 3.36. The average molecular weight is 426 g/mol. The van der Waals surface area contributed by atoms with Gasteiger partial charge in [0.2, 0.25) is 5.82 Å². The second kappa shape index (κ2) is 7.36. The monoisotopic (exact) mass is 425 g/mol. The van der Waals surface area contributed by atoms with E-state index in [0.29, 0.717) is 34.4 Å². The van der Waals surface area contributed by atoms with E-state index in [9.17, 15) is 13.2 Å². The molecule has 0 aliphatic rings. The molecule has 4 rings (SSSR count). The molecule has 2 aromatic heterocycles. The Bertz CT molecular complexity index is 1100. The minimum Gasteiger partial charge on any atom is -0.453 e. The number of fused-ring (bicyclic) bond motifs is 1. The van der Waals surface area contributed by atoms with Crippen molar-refractivity contribution in [1.29, 1.82) is 0 Å². The molecule has 6 nitrogen and oxygen atoms in total. The summed E-state index contributed by atoms with van der Waals surface area (Å²) in [6.45, 7) is 0.374. The van der Waals surface area contributed by atoms with Crippen molar-refractivity contribution in [2.24, 2.45) is 0 Å². The summed E-state index contributed by atoms with van der Waals surface area (Å²) in [5.74, 6) is 0.798. The molecular weight excluding hydrogens is 415 g/mol. The molecule has 28 heavy (non-hydrogen) atoms. The van der Waals surface area contributed by atoms with Gasteiger partial charge in [-0.25, -0.2) is 0 Å². The van der Waals surface area contributed by atoms with E-state index in [1.54, 1.807) is 30.3 Å². The zero-order valence-electron chi connectivity index (χ0n) is 13.9. The highest BCUT2D eigenvalue weighted by molar-refractivity contribution is 8.00. The molecule has 0 spiro atoms. The Hall–Kier alpha value is -2.72. The first kappa shape index (κ1) is 18.6. The van der Waals surface area contributed by atoms with Crippen molar-refractivity contribution in [3.05, 3.63) is 53.1 Å². The number of tetrazole rings is 1. The third kappa shape index (κ3) is 4.23. The summed E-state index contributed by atoms with van der Waals surface area (Å²) in [5.41, 5.74) is -2.24. The largest absolute Gasteiger partial charge is 0.453 e. The molecule has 4 aromatic rings. The minimum atomic E-state index is -4.30. The van der Waals surface area contributed by atoms with Crippen LogP contribution in [0.4, 0.5) is 18.9 Å². The lowest BCUT2D eigenvalue weighted by Crippen LogP contribution is -2.01. The van der Waals surface area contributed by atoms with E-state index < -0.39 is 5.51 Å². The third-order valence-corrected chi connectivity index (χ3v) is 4.91. The number of alkyl halides is 3. The molecule has 0 amide bonds. The van der Waals surface area contributed by atoms with Crippen LogP contribution in [-0.4, -0.2) is 26.1 Å². The van der Waals surface area contributed by atoms with Gasteiger partial charge < -0.3 is 9.73 Å². The Balaban J connectivity index is 1.49.